The van der Waals surface area contributed by atoms with Gasteiger partial charge in [-0.3, -0.25) is 0 Å². The topological polar surface area (TPSA) is 19.6 Å². The fourth-order valence-corrected chi connectivity index (χ4v) is 8.63. The Hall–Kier alpha value is -7.88. The second-order valence-electron chi connectivity index (χ2n) is 14.9. The molecular formula is C56H38N2O. The zero-order valence-corrected chi connectivity index (χ0v) is 32.2. The highest BCUT2D eigenvalue weighted by Crippen LogP contribution is 2.49. The first-order valence-electron chi connectivity index (χ1n) is 20.1. The van der Waals surface area contributed by atoms with Gasteiger partial charge in [-0.15, -0.1) is 0 Å². The molecule has 3 heteroatoms. The fraction of sp³-hybridized carbons (Fsp3) is 0. The molecule has 10 aromatic carbocycles. The minimum Gasteiger partial charge on any atom is -0.455 e. The smallest absolute Gasteiger partial charge is 0.143 e. The number of hydrogen-bond donors (Lipinski definition) is 0. The third-order valence-electron chi connectivity index (χ3n) is 11.4. The third-order valence-corrected chi connectivity index (χ3v) is 11.4. The second kappa shape index (κ2) is 14.6. The molecule has 59 heavy (non-hydrogen) atoms. The van der Waals surface area contributed by atoms with Crippen molar-refractivity contribution < 1.29 is 4.42 Å². The lowest BCUT2D eigenvalue weighted by Crippen LogP contribution is -2.10. The zero-order valence-electron chi connectivity index (χ0n) is 32.2. The molecule has 1 aromatic heterocycles. The quantitative estimate of drug-likeness (QED) is 0.154. The predicted octanol–water partition coefficient (Wildman–Crippen LogP) is 16.2. The van der Waals surface area contributed by atoms with Gasteiger partial charge >= 0.3 is 0 Å². The fourth-order valence-electron chi connectivity index (χ4n) is 8.63. The number of fused-ring (bicyclic) bond motifs is 7. The zero-order chi connectivity index (χ0) is 39.1. The van der Waals surface area contributed by atoms with E-state index in [1.807, 2.05) is 0 Å². The molecule has 0 amide bonds. The van der Waals surface area contributed by atoms with E-state index in [1.54, 1.807) is 0 Å². The molecule has 0 radical (unpaired) electrons. The van der Waals surface area contributed by atoms with Crippen LogP contribution in [0, 0.1) is 0 Å². The summed E-state index contributed by atoms with van der Waals surface area (Å²) in [5.74, 6) is 0. The van der Waals surface area contributed by atoms with Crippen LogP contribution in [-0.2, 0) is 0 Å². The second-order valence-corrected chi connectivity index (χ2v) is 14.9. The summed E-state index contributed by atoms with van der Waals surface area (Å²) in [5.41, 5.74) is 13.0. The van der Waals surface area contributed by atoms with E-state index in [9.17, 15) is 0 Å². The minimum atomic E-state index is 0.882. The molecule has 11 rings (SSSR count). The maximum Gasteiger partial charge on any atom is 0.143 e. The van der Waals surface area contributed by atoms with Crippen molar-refractivity contribution in [2.24, 2.45) is 0 Å². The highest BCUT2D eigenvalue weighted by molar-refractivity contribution is 6.25. The maximum atomic E-state index is 7.06. The molecular weight excluding hydrogens is 717 g/mol. The Balaban J connectivity index is 1.16. The monoisotopic (exact) mass is 754 g/mol. The van der Waals surface area contributed by atoms with Crippen LogP contribution in [0.3, 0.4) is 0 Å². The van der Waals surface area contributed by atoms with Crippen LogP contribution in [0.25, 0.3) is 65.7 Å². The van der Waals surface area contributed by atoms with Gasteiger partial charge in [-0.25, -0.2) is 0 Å². The first-order chi connectivity index (χ1) is 29.3. The van der Waals surface area contributed by atoms with Gasteiger partial charge in [0.2, 0.25) is 0 Å². The third kappa shape index (κ3) is 6.08. The molecule has 11 aromatic rings. The lowest BCUT2D eigenvalue weighted by Gasteiger charge is -2.27. The van der Waals surface area contributed by atoms with E-state index in [0.717, 1.165) is 77.6 Å². The number of furan rings is 1. The van der Waals surface area contributed by atoms with E-state index >= 15 is 0 Å². The van der Waals surface area contributed by atoms with E-state index in [1.165, 1.54) is 22.3 Å². The van der Waals surface area contributed by atoms with Gasteiger partial charge in [0, 0.05) is 55.1 Å². The normalized spacial score (nSPS) is 11.4. The highest BCUT2D eigenvalue weighted by Gasteiger charge is 2.24. The van der Waals surface area contributed by atoms with Gasteiger partial charge in [0.25, 0.3) is 0 Å². The molecule has 0 unspecified atom stereocenters. The molecule has 0 aliphatic rings. The summed E-state index contributed by atoms with van der Waals surface area (Å²) in [7, 11) is 0. The summed E-state index contributed by atoms with van der Waals surface area (Å²) in [6, 6.07) is 82.2. The molecule has 0 aliphatic carbocycles. The summed E-state index contributed by atoms with van der Waals surface area (Å²) in [6.45, 7) is 0. The predicted molar refractivity (Wildman–Crippen MR) is 249 cm³/mol. The van der Waals surface area contributed by atoms with Gasteiger partial charge in [-0.1, -0.05) is 170 Å². The number of para-hydroxylation sites is 2. The molecule has 0 saturated heterocycles. The molecule has 0 bridgehead atoms. The molecule has 0 spiro atoms. The van der Waals surface area contributed by atoms with E-state index in [4.69, 9.17) is 4.42 Å². The lowest BCUT2D eigenvalue weighted by molar-refractivity contribution is 0.676. The van der Waals surface area contributed by atoms with Gasteiger partial charge in [0.05, 0.1) is 11.4 Å². The Kier molecular flexibility index (Phi) is 8.49. The largest absolute Gasteiger partial charge is 0.455 e. The molecule has 0 fully saturated rings. The van der Waals surface area contributed by atoms with E-state index in [-0.39, 0.29) is 0 Å². The van der Waals surface area contributed by atoms with Crippen molar-refractivity contribution in [1.82, 2.24) is 0 Å². The van der Waals surface area contributed by atoms with Crippen molar-refractivity contribution in [3.63, 3.8) is 0 Å². The van der Waals surface area contributed by atoms with Crippen LogP contribution in [0.5, 0.6) is 0 Å². The van der Waals surface area contributed by atoms with Crippen LogP contribution < -0.4 is 9.80 Å². The van der Waals surface area contributed by atoms with Gasteiger partial charge in [0.15, 0.2) is 0 Å². The van der Waals surface area contributed by atoms with Crippen molar-refractivity contribution >= 4 is 77.6 Å². The highest BCUT2D eigenvalue weighted by atomic mass is 16.3. The van der Waals surface area contributed by atoms with Crippen molar-refractivity contribution in [2.75, 3.05) is 9.80 Å². The first kappa shape index (κ1) is 34.4. The number of benzene rings is 10. The number of anilines is 6. The van der Waals surface area contributed by atoms with Crippen molar-refractivity contribution in [3.8, 4) is 22.3 Å². The lowest BCUT2D eigenvalue weighted by atomic mass is 9.99. The SMILES string of the molecule is c1ccc(-c2ccc(N(c3ccccc3)c3cc4c5cc(N(c6ccccc6)c6ccc(-c7ccccc7)cc6)c6ccccc6c5oc4c4ccccc34)cc2)cc1. The van der Waals surface area contributed by atoms with Crippen molar-refractivity contribution in [3.05, 3.63) is 231 Å². The van der Waals surface area contributed by atoms with Crippen LogP contribution in [0.1, 0.15) is 0 Å². The Labute approximate surface area is 343 Å². The molecule has 0 N–H and O–H groups in total. The van der Waals surface area contributed by atoms with Crippen LogP contribution in [0.15, 0.2) is 235 Å². The standard InChI is InChI=1S/C56H38N2O/c1-5-17-39(18-6-1)41-29-33-45(34-30-41)57(43-21-9-3-10-22-43)53-37-51-52-38-54(48-26-14-16-28-50(48)56(52)59-55(51)49-27-15-13-25-47(49)53)58(44-23-11-4-12-24-44)46-35-31-42(32-36-46)40-19-7-2-8-20-40/h1-38H. The molecule has 0 aliphatic heterocycles. The maximum absolute atomic E-state index is 7.06. The molecule has 278 valence electrons. The van der Waals surface area contributed by atoms with Gasteiger partial charge in [-0.05, 0) is 82.9 Å². The summed E-state index contributed by atoms with van der Waals surface area (Å²) in [4.78, 5) is 4.75. The molecule has 3 nitrogen and oxygen atoms in total. The summed E-state index contributed by atoms with van der Waals surface area (Å²) in [6.07, 6.45) is 0. The molecule has 0 atom stereocenters. The summed E-state index contributed by atoms with van der Waals surface area (Å²) >= 11 is 0. The summed E-state index contributed by atoms with van der Waals surface area (Å²) in [5, 5.41) is 6.50. The Morgan fingerprint density at radius 1 is 0.237 bits per heavy atom. The van der Waals surface area contributed by atoms with E-state index in [0.29, 0.717) is 0 Å². The number of hydrogen-bond acceptors (Lipinski definition) is 3. The minimum absolute atomic E-state index is 0.882. The number of nitrogens with zero attached hydrogens (tertiary/aromatic N) is 2. The van der Waals surface area contributed by atoms with Gasteiger partial charge < -0.3 is 14.2 Å². The van der Waals surface area contributed by atoms with Gasteiger partial charge in [0.1, 0.15) is 11.2 Å². The van der Waals surface area contributed by atoms with Crippen LogP contribution in [0.4, 0.5) is 34.1 Å². The Bertz CT molecular complexity index is 3010. The summed E-state index contributed by atoms with van der Waals surface area (Å²) < 4.78 is 7.06. The van der Waals surface area contributed by atoms with Crippen LogP contribution in [-0.4, -0.2) is 0 Å². The van der Waals surface area contributed by atoms with E-state index < -0.39 is 0 Å². The Morgan fingerprint density at radius 3 is 0.898 bits per heavy atom. The average molecular weight is 755 g/mol. The first-order valence-corrected chi connectivity index (χ1v) is 20.1. The van der Waals surface area contributed by atoms with Crippen molar-refractivity contribution in [2.45, 2.75) is 0 Å². The number of rotatable bonds is 8. The van der Waals surface area contributed by atoms with Crippen LogP contribution >= 0.6 is 0 Å². The molecule has 1 heterocycles. The van der Waals surface area contributed by atoms with Crippen molar-refractivity contribution in [1.29, 1.82) is 0 Å². The Morgan fingerprint density at radius 2 is 0.525 bits per heavy atom. The van der Waals surface area contributed by atoms with Gasteiger partial charge in [-0.2, -0.15) is 0 Å². The molecule has 0 saturated carbocycles. The average Bonchev–Trinajstić information content (AvgIpc) is 3.70. The van der Waals surface area contributed by atoms with E-state index in [2.05, 4.69) is 240 Å². The van der Waals surface area contributed by atoms with Crippen LogP contribution in [0.2, 0.25) is 0 Å².